The highest BCUT2D eigenvalue weighted by molar-refractivity contribution is 5.84. The molecule has 2 nitrogen and oxygen atoms in total. The first kappa shape index (κ1) is 17.7. The van der Waals surface area contributed by atoms with Gasteiger partial charge in [-0.1, -0.05) is 62.4 Å². The minimum Gasteiger partial charge on any atom is -0.349 e. The van der Waals surface area contributed by atoms with Crippen LogP contribution in [0.1, 0.15) is 67.8 Å². The number of amides is 1. The highest BCUT2D eigenvalue weighted by Gasteiger charge is 2.25. The van der Waals surface area contributed by atoms with Gasteiger partial charge in [0, 0.05) is 0 Å². The monoisotopic (exact) mass is 335 g/mol. The molecule has 2 heteroatoms. The molecule has 2 atom stereocenters. The van der Waals surface area contributed by atoms with Gasteiger partial charge in [0.25, 0.3) is 0 Å². The SMILES string of the molecule is CC(C)[C@@H](C(=O)N[C@H](C)c1ccc2c(c1)CCCC2)c1ccccc1. The molecule has 1 N–H and O–H groups in total. The van der Waals surface area contributed by atoms with Gasteiger partial charge >= 0.3 is 0 Å². The molecule has 0 unspecified atom stereocenters. The standard InChI is InChI=1S/C23H29NO/c1-16(2)22(19-10-5-4-6-11-19)23(25)24-17(3)20-14-13-18-9-7-8-12-21(18)15-20/h4-6,10-11,13-17,22H,7-9,12H2,1-3H3,(H,24,25)/t17-,22-/m1/s1. The second kappa shape index (κ2) is 7.86. The Hall–Kier alpha value is -2.09. The maximum absolute atomic E-state index is 12.9. The molecule has 1 aliphatic carbocycles. The van der Waals surface area contributed by atoms with E-state index in [4.69, 9.17) is 0 Å². The van der Waals surface area contributed by atoms with Crippen molar-refractivity contribution in [2.75, 3.05) is 0 Å². The van der Waals surface area contributed by atoms with Crippen LogP contribution in [0, 0.1) is 5.92 Å². The average Bonchev–Trinajstić information content (AvgIpc) is 2.62. The topological polar surface area (TPSA) is 29.1 Å². The quantitative estimate of drug-likeness (QED) is 0.801. The van der Waals surface area contributed by atoms with Crippen LogP contribution in [-0.2, 0) is 17.6 Å². The first-order valence-electron chi connectivity index (χ1n) is 9.53. The summed E-state index contributed by atoms with van der Waals surface area (Å²) in [6.45, 7) is 6.31. The molecular formula is C23H29NO. The summed E-state index contributed by atoms with van der Waals surface area (Å²) in [5.74, 6) is 0.269. The summed E-state index contributed by atoms with van der Waals surface area (Å²) >= 11 is 0. The Morgan fingerprint density at radius 2 is 1.56 bits per heavy atom. The zero-order valence-corrected chi connectivity index (χ0v) is 15.6. The maximum Gasteiger partial charge on any atom is 0.228 e. The fourth-order valence-electron chi connectivity index (χ4n) is 3.91. The largest absolute Gasteiger partial charge is 0.349 e. The van der Waals surface area contributed by atoms with Crippen molar-refractivity contribution < 1.29 is 4.79 Å². The molecule has 3 rings (SSSR count). The molecule has 0 heterocycles. The molecule has 0 saturated heterocycles. The Morgan fingerprint density at radius 3 is 2.24 bits per heavy atom. The Balaban J connectivity index is 1.75. The van der Waals surface area contributed by atoms with Crippen LogP contribution in [0.2, 0.25) is 0 Å². The van der Waals surface area contributed by atoms with E-state index in [2.05, 4.69) is 44.3 Å². The van der Waals surface area contributed by atoms with Crippen LogP contribution >= 0.6 is 0 Å². The fourth-order valence-corrected chi connectivity index (χ4v) is 3.91. The Morgan fingerprint density at radius 1 is 0.880 bits per heavy atom. The first-order chi connectivity index (χ1) is 12.1. The third-order valence-corrected chi connectivity index (χ3v) is 5.34. The van der Waals surface area contributed by atoms with Crippen LogP contribution in [-0.4, -0.2) is 5.91 Å². The molecule has 1 aliphatic rings. The van der Waals surface area contributed by atoms with Crippen molar-refractivity contribution in [2.45, 2.75) is 58.4 Å². The third kappa shape index (κ3) is 4.12. The van der Waals surface area contributed by atoms with Crippen LogP contribution in [0.15, 0.2) is 48.5 Å². The van der Waals surface area contributed by atoms with Gasteiger partial charge in [0.05, 0.1) is 12.0 Å². The minimum absolute atomic E-state index is 0.0321. The molecule has 0 radical (unpaired) electrons. The number of nitrogens with one attached hydrogen (secondary N) is 1. The van der Waals surface area contributed by atoms with Crippen LogP contribution in [0.3, 0.4) is 0 Å². The molecule has 0 saturated carbocycles. The summed E-state index contributed by atoms with van der Waals surface area (Å²) in [6.07, 6.45) is 4.94. The summed E-state index contributed by atoms with van der Waals surface area (Å²) < 4.78 is 0. The van der Waals surface area contributed by atoms with E-state index in [-0.39, 0.29) is 23.8 Å². The Kier molecular flexibility index (Phi) is 5.57. The lowest BCUT2D eigenvalue weighted by Crippen LogP contribution is -2.34. The summed E-state index contributed by atoms with van der Waals surface area (Å²) in [5, 5.41) is 3.24. The lowest BCUT2D eigenvalue weighted by atomic mass is 9.87. The second-order valence-electron chi connectivity index (χ2n) is 7.60. The van der Waals surface area contributed by atoms with Gasteiger partial charge < -0.3 is 5.32 Å². The van der Waals surface area contributed by atoms with Gasteiger partial charge in [-0.25, -0.2) is 0 Å². The van der Waals surface area contributed by atoms with Crippen molar-refractivity contribution in [3.63, 3.8) is 0 Å². The number of carbonyl (C=O) groups is 1. The third-order valence-electron chi connectivity index (χ3n) is 5.34. The average molecular weight is 335 g/mol. The highest BCUT2D eigenvalue weighted by Crippen LogP contribution is 2.27. The van der Waals surface area contributed by atoms with Gasteiger partial charge in [0.2, 0.25) is 5.91 Å². The molecule has 1 amide bonds. The van der Waals surface area contributed by atoms with Crippen molar-refractivity contribution in [2.24, 2.45) is 5.92 Å². The number of fused-ring (bicyclic) bond motifs is 1. The van der Waals surface area contributed by atoms with E-state index in [1.54, 1.807) is 0 Å². The van der Waals surface area contributed by atoms with Crippen molar-refractivity contribution >= 4 is 5.91 Å². The normalized spacial score (nSPS) is 16.2. The van der Waals surface area contributed by atoms with Gasteiger partial charge in [-0.3, -0.25) is 4.79 Å². The van der Waals surface area contributed by atoms with Crippen molar-refractivity contribution in [1.29, 1.82) is 0 Å². The zero-order valence-electron chi connectivity index (χ0n) is 15.6. The van der Waals surface area contributed by atoms with Gasteiger partial charge in [0.15, 0.2) is 0 Å². The maximum atomic E-state index is 12.9. The molecule has 2 aromatic rings. The fraction of sp³-hybridized carbons (Fsp3) is 0.435. The zero-order chi connectivity index (χ0) is 17.8. The van der Waals surface area contributed by atoms with E-state index >= 15 is 0 Å². The Labute approximate surface area is 151 Å². The summed E-state index contributed by atoms with van der Waals surface area (Å²) in [7, 11) is 0. The van der Waals surface area contributed by atoms with Crippen molar-refractivity contribution in [3.8, 4) is 0 Å². The van der Waals surface area contributed by atoms with E-state index in [0.717, 1.165) is 5.56 Å². The van der Waals surface area contributed by atoms with Crippen molar-refractivity contribution in [3.05, 3.63) is 70.8 Å². The highest BCUT2D eigenvalue weighted by atomic mass is 16.1. The van der Waals surface area contributed by atoms with E-state index in [1.165, 1.54) is 42.4 Å². The lowest BCUT2D eigenvalue weighted by molar-refractivity contribution is -0.124. The first-order valence-corrected chi connectivity index (χ1v) is 9.53. The predicted octanol–water partition coefficient (Wildman–Crippen LogP) is 5.18. The predicted molar refractivity (Wildman–Crippen MR) is 104 cm³/mol. The molecule has 25 heavy (non-hydrogen) atoms. The number of aryl methyl sites for hydroxylation is 2. The molecule has 0 aromatic heterocycles. The van der Waals surface area contributed by atoms with Gasteiger partial charge in [-0.15, -0.1) is 0 Å². The van der Waals surface area contributed by atoms with Crippen molar-refractivity contribution in [1.82, 2.24) is 5.32 Å². The van der Waals surface area contributed by atoms with E-state index < -0.39 is 0 Å². The van der Waals surface area contributed by atoms with Crippen LogP contribution in [0.4, 0.5) is 0 Å². The molecule has 0 spiro atoms. The molecular weight excluding hydrogens is 306 g/mol. The lowest BCUT2D eigenvalue weighted by Gasteiger charge is -2.24. The summed E-state index contributed by atoms with van der Waals surface area (Å²) in [6, 6.07) is 16.9. The minimum atomic E-state index is -0.110. The molecule has 0 aliphatic heterocycles. The van der Waals surface area contributed by atoms with Gasteiger partial charge in [0.1, 0.15) is 0 Å². The number of benzene rings is 2. The molecule has 132 valence electrons. The molecule has 0 bridgehead atoms. The molecule has 0 fully saturated rings. The summed E-state index contributed by atoms with van der Waals surface area (Å²) in [4.78, 5) is 12.9. The smallest absolute Gasteiger partial charge is 0.228 e. The van der Waals surface area contributed by atoms with Crippen LogP contribution < -0.4 is 5.32 Å². The Bertz CT molecular complexity index is 720. The van der Waals surface area contributed by atoms with Gasteiger partial charge in [-0.05, 0) is 60.8 Å². The van der Waals surface area contributed by atoms with E-state index in [0.29, 0.717) is 0 Å². The van der Waals surface area contributed by atoms with E-state index in [9.17, 15) is 4.79 Å². The number of hydrogen-bond donors (Lipinski definition) is 1. The van der Waals surface area contributed by atoms with E-state index in [1.807, 2.05) is 30.3 Å². The molecule has 2 aromatic carbocycles. The summed E-state index contributed by atoms with van der Waals surface area (Å²) in [5.41, 5.74) is 5.25. The number of carbonyl (C=O) groups excluding carboxylic acids is 1. The second-order valence-corrected chi connectivity index (χ2v) is 7.60. The number of hydrogen-bond acceptors (Lipinski definition) is 1. The van der Waals surface area contributed by atoms with Crippen LogP contribution in [0.25, 0.3) is 0 Å². The van der Waals surface area contributed by atoms with Crippen LogP contribution in [0.5, 0.6) is 0 Å². The van der Waals surface area contributed by atoms with Gasteiger partial charge in [-0.2, -0.15) is 0 Å². The number of rotatable bonds is 5.